The molecule has 1 N–H and O–H groups in total. The third-order valence-electron chi connectivity index (χ3n) is 3.47. The van der Waals surface area contributed by atoms with E-state index in [0.717, 1.165) is 21.2 Å². The second-order valence-corrected chi connectivity index (χ2v) is 6.54. The van der Waals surface area contributed by atoms with Crippen molar-refractivity contribution in [1.29, 1.82) is 0 Å². The zero-order valence-electron chi connectivity index (χ0n) is 12.6. The molecule has 1 amide bonds. The van der Waals surface area contributed by atoms with Crippen molar-refractivity contribution in [3.8, 4) is 0 Å². The van der Waals surface area contributed by atoms with Gasteiger partial charge in [0.15, 0.2) is 6.20 Å². The zero-order valence-corrected chi connectivity index (χ0v) is 13.4. The number of fused-ring (bicyclic) bond motifs is 1. The van der Waals surface area contributed by atoms with Gasteiger partial charge >= 0.3 is 0 Å². The molecule has 4 nitrogen and oxygen atoms in total. The number of hydrogen-bond acceptors (Lipinski definition) is 3. The maximum atomic E-state index is 12.3. The van der Waals surface area contributed by atoms with Gasteiger partial charge in [0.25, 0.3) is 5.03 Å². The van der Waals surface area contributed by atoms with Crippen LogP contribution in [0.3, 0.4) is 0 Å². The molecule has 0 bridgehead atoms. The molecule has 0 fully saturated rings. The summed E-state index contributed by atoms with van der Waals surface area (Å²) in [5.74, 6) is -0.130. The summed E-state index contributed by atoms with van der Waals surface area (Å²) >= 11 is 1.24. The van der Waals surface area contributed by atoms with Crippen LogP contribution in [0.25, 0.3) is 10.8 Å². The van der Waals surface area contributed by atoms with Gasteiger partial charge in [0.2, 0.25) is 5.91 Å². The molecule has 0 unspecified atom stereocenters. The van der Waals surface area contributed by atoms with E-state index >= 15 is 0 Å². The third kappa shape index (κ3) is 3.63. The van der Waals surface area contributed by atoms with Crippen LogP contribution >= 0.6 is 11.8 Å². The summed E-state index contributed by atoms with van der Waals surface area (Å²) < 4.78 is 0.768. The zero-order chi connectivity index (χ0) is 16.2. The maximum absolute atomic E-state index is 12.3. The van der Waals surface area contributed by atoms with Crippen LogP contribution in [0.4, 0.5) is 5.69 Å². The number of carbonyl (C=O) groups is 1. The quantitative estimate of drug-likeness (QED) is 0.453. The van der Waals surface area contributed by atoms with Crippen molar-refractivity contribution in [1.82, 2.24) is 0 Å². The number of aromatic nitrogens is 1. The standard InChI is InChI=1S/C18H16N2O2S/c1-13(23-17-8-4-5-11-20(17)22)18(21)19-16-10-9-14-6-2-3-7-15(14)12-16/h2-13H,1H3,(H,19,21)/t13-/m1/s1. The monoisotopic (exact) mass is 324 g/mol. The minimum Gasteiger partial charge on any atom is -0.618 e. The maximum Gasteiger partial charge on any atom is 0.252 e. The van der Waals surface area contributed by atoms with E-state index in [4.69, 9.17) is 0 Å². The molecule has 116 valence electrons. The highest BCUT2D eigenvalue weighted by molar-refractivity contribution is 8.00. The minimum atomic E-state index is -0.371. The number of benzene rings is 2. The summed E-state index contributed by atoms with van der Waals surface area (Å²) in [5, 5.41) is 16.9. The van der Waals surface area contributed by atoms with E-state index in [9.17, 15) is 10.0 Å². The molecule has 0 spiro atoms. The number of nitrogens with zero attached hydrogens (tertiary/aromatic N) is 1. The number of hydrogen-bond donors (Lipinski definition) is 1. The average molecular weight is 324 g/mol. The van der Waals surface area contributed by atoms with Crippen molar-refractivity contribution < 1.29 is 9.52 Å². The molecule has 0 radical (unpaired) electrons. The smallest absolute Gasteiger partial charge is 0.252 e. The molecule has 0 aliphatic heterocycles. The number of rotatable bonds is 4. The fourth-order valence-electron chi connectivity index (χ4n) is 2.25. The van der Waals surface area contributed by atoms with Crippen LogP contribution in [-0.4, -0.2) is 11.2 Å². The molecule has 3 aromatic rings. The predicted molar refractivity (Wildman–Crippen MR) is 93.3 cm³/mol. The van der Waals surface area contributed by atoms with E-state index in [2.05, 4.69) is 5.32 Å². The van der Waals surface area contributed by atoms with Crippen LogP contribution in [-0.2, 0) is 4.79 Å². The van der Waals surface area contributed by atoms with E-state index in [-0.39, 0.29) is 11.2 Å². The largest absolute Gasteiger partial charge is 0.618 e. The first-order chi connectivity index (χ1) is 11.1. The van der Waals surface area contributed by atoms with Gasteiger partial charge in [0, 0.05) is 17.8 Å². The van der Waals surface area contributed by atoms with Gasteiger partial charge in [-0.15, -0.1) is 0 Å². The minimum absolute atomic E-state index is 0.130. The normalized spacial score (nSPS) is 12.0. The molecule has 0 aliphatic carbocycles. The van der Waals surface area contributed by atoms with Crippen LogP contribution < -0.4 is 10.0 Å². The molecular formula is C18H16N2O2S. The van der Waals surface area contributed by atoms with E-state index in [1.165, 1.54) is 18.0 Å². The average Bonchev–Trinajstić information content (AvgIpc) is 2.56. The van der Waals surface area contributed by atoms with Crippen molar-refractivity contribution in [3.63, 3.8) is 0 Å². The summed E-state index contributed by atoms with van der Waals surface area (Å²) in [6.45, 7) is 1.79. The Bertz CT molecular complexity index is 851. The highest BCUT2D eigenvalue weighted by Gasteiger charge is 2.18. The summed E-state index contributed by atoms with van der Waals surface area (Å²) in [4.78, 5) is 12.3. The first-order valence-corrected chi connectivity index (χ1v) is 8.16. The summed E-state index contributed by atoms with van der Waals surface area (Å²) in [6.07, 6.45) is 1.43. The lowest BCUT2D eigenvalue weighted by atomic mass is 10.1. The molecule has 0 saturated carbocycles. The lowest BCUT2D eigenvalue weighted by Crippen LogP contribution is -2.30. The van der Waals surface area contributed by atoms with Gasteiger partial charge in [-0.05, 0) is 47.7 Å². The topological polar surface area (TPSA) is 56.0 Å². The Kier molecular flexibility index (Phi) is 4.48. The van der Waals surface area contributed by atoms with Gasteiger partial charge in [0.05, 0.1) is 5.25 Å². The van der Waals surface area contributed by atoms with Crippen LogP contribution in [0, 0.1) is 5.21 Å². The van der Waals surface area contributed by atoms with Crippen molar-refractivity contribution in [2.24, 2.45) is 0 Å². The molecule has 0 aliphatic rings. The second kappa shape index (κ2) is 6.71. The van der Waals surface area contributed by atoms with Gasteiger partial charge in [0.1, 0.15) is 0 Å². The Morgan fingerprint density at radius 2 is 1.83 bits per heavy atom. The number of amides is 1. The molecule has 1 atom stereocenters. The highest BCUT2D eigenvalue weighted by atomic mass is 32.2. The van der Waals surface area contributed by atoms with Crippen LogP contribution in [0.1, 0.15) is 6.92 Å². The summed E-state index contributed by atoms with van der Waals surface area (Å²) in [7, 11) is 0. The lowest BCUT2D eigenvalue weighted by molar-refractivity contribution is -0.645. The Morgan fingerprint density at radius 1 is 1.09 bits per heavy atom. The number of thioether (sulfide) groups is 1. The van der Waals surface area contributed by atoms with E-state index in [0.29, 0.717) is 5.03 Å². The van der Waals surface area contributed by atoms with E-state index < -0.39 is 0 Å². The van der Waals surface area contributed by atoms with E-state index in [1.54, 1.807) is 25.1 Å². The fraction of sp³-hybridized carbons (Fsp3) is 0.111. The number of carbonyl (C=O) groups excluding carboxylic acids is 1. The predicted octanol–water partition coefficient (Wildman–Crippen LogP) is 3.59. The van der Waals surface area contributed by atoms with Crippen molar-refractivity contribution in [3.05, 3.63) is 72.1 Å². The number of nitrogens with one attached hydrogen (secondary N) is 1. The molecule has 2 aromatic carbocycles. The van der Waals surface area contributed by atoms with Gasteiger partial charge < -0.3 is 10.5 Å². The summed E-state index contributed by atoms with van der Waals surface area (Å²) in [5.41, 5.74) is 0.754. The first-order valence-electron chi connectivity index (χ1n) is 7.28. The van der Waals surface area contributed by atoms with Crippen LogP contribution in [0.5, 0.6) is 0 Å². The second-order valence-electron chi connectivity index (χ2n) is 5.18. The number of pyridine rings is 1. The molecule has 1 heterocycles. The lowest BCUT2D eigenvalue weighted by Gasteiger charge is -2.12. The van der Waals surface area contributed by atoms with Crippen molar-refractivity contribution in [2.75, 3.05) is 5.32 Å². The Hall–Kier alpha value is -2.53. The SMILES string of the molecule is C[C@@H](Sc1cccc[n+]1[O-])C(=O)Nc1ccc2ccccc2c1. The van der Waals surface area contributed by atoms with E-state index in [1.807, 2.05) is 42.5 Å². The van der Waals surface area contributed by atoms with Gasteiger partial charge in [-0.2, -0.15) is 4.73 Å². The molecule has 3 rings (SSSR count). The van der Waals surface area contributed by atoms with Crippen molar-refractivity contribution in [2.45, 2.75) is 17.2 Å². The van der Waals surface area contributed by atoms with Crippen LogP contribution in [0.15, 0.2) is 71.9 Å². The van der Waals surface area contributed by atoms with Gasteiger partial charge in [-0.25, -0.2) is 0 Å². The Morgan fingerprint density at radius 3 is 2.61 bits per heavy atom. The Balaban J connectivity index is 1.71. The molecule has 23 heavy (non-hydrogen) atoms. The Labute approximate surface area is 138 Å². The third-order valence-corrected chi connectivity index (χ3v) is 4.60. The fourth-order valence-corrected chi connectivity index (χ4v) is 3.10. The highest BCUT2D eigenvalue weighted by Crippen LogP contribution is 2.22. The number of anilines is 1. The molecule has 1 aromatic heterocycles. The first kappa shape index (κ1) is 15.4. The van der Waals surface area contributed by atoms with Gasteiger partial charge in [-0.1, -0.05) is 30.3 Å². The molecular weight excluding hydrogens is 308 g/mol. The van der Waals surface area contributed by atoms with Crippen LogP contribution in [0.2, 0.25) is 0 Å². The van der Waals surface area contributed by atoms with Gasteiger partial charge in [-0.3, -0.25) is 4.79 Å². The molecule has 5 heteroatoms. The summed E-state index contributed by atoms with van der Waals surface area (Å²) in [6, 6.07) is 18.9. The van der Waals surface area contributed by atoms with Crippen molar-refractivity contribution >= 4 is 34.1 Å². The molecule has 0 saturated heterocycles.